The maximum Gasteiger partial charge on any atom is 0.00916 e. The molecule has 2 nitrogen and oxygen atoms in total. The second-order valence-electron chi connectivity index (χ2n) is 7.37. The Kier molecular flexibility index (Phi) is 5.08. The van der Waals surface area contributed by atoms with Crippen molar-refractivity contribution in [3.8, 4) is 0 Å². The number of hydrogen-bond acceptors (Lipinski definition) is 2. The van der Waals surface area contributed by atoms with E-state index < -0.39 is 0 Å². The van der Waals surface area contributed by atoms with E-state index in [4.69, 9.17) is 0 Å². The van der Waals surface area contributed by atoms with Crippen molar-refractivity contribution in [1.29, 1.82) is 0 Å². The molecule has 1 saturated carbocycles. The first-order chi connectivity index (χ1) is 8.57. The van der Waals surface area contributed by atoms with Gasteiger partial charge in [0.25, 0.3) is 0 Å². The third-order valence-corrected chi connectivity index (χ3v) is 4.84. The van der Waals surface area contributed by atoms with E-state index in [-0.39, 0.29) is 0 Å². The summed E-state index contributed by atoms with van der Waals surface area (Å²) in [6.07, 6.45) is 8.47. The van der Waals surface area contributed by atoms with Gasteiger partial charge in [-0.25, -0.2) is 0 Å². The number of rotatable bonds is 5. The van der Waals surface area contributed by atoms with Crippen LogP contribution in [0, 0.1) is 11.3 Å². The third-order valence-electron chi connectivity index (χ3n) is 4.84. The molecule has 1 heterocycles. The molecule has 1 saturated heterocycles. The molecule has 0 bridgehead atoms. The van der Waals surface area contributed by atoms with Crippen molar-refractivity contribution in [3.05, 3.63) is 0 Å². The van der Waals surface area contributed by atoms with Gasteiger partial charge in [0.2, 0.25) is 0 Å². The van der Waals surface area contributed by atoms with Crippen LogP contribution < -0.4 is 5.32 Å². The predicted octanol–water partition coefficient (Wildman–Crippen LogP) is 3.28. The first-order valence-electron chi connectivity index (χ1n) is 8.03. The van der Waals surface area contributed by atoms with Gasteiger partial charge >= 0.3 is 0 Å². The Morgan fingerprint density at radius 1 is 1.17 bits per heavy atom. The van der Waals surface area contributed by atoms with Crippen molar-refractivity contribution in [3.63, 3.8) is 0 Å². The van der Waals surface area contributed by atoms with E-state index in [2.05, 4.69) is 31.0 Å². The highest BCUT2D eigenvalue weighted by Gasteiger charge is 2.29. The van der Waals surface area contributed by atoms with Gasteiger partial charge in [0.05, 0.1) is 0 Å². The number of hydrogen-bond donors (Lipinski definition) is 1. The third kappa shape index (κ3) is 4.24. The van der Waals surface area contributed by atoms with Crippen molar-refractivity contribution in [2.24, 2.45) is 11.3 Å². The largest absolute Gasteiger partial charge is 0.313 e. The van der Waals surface area contributed by atoms with Gasteiger partial charge in [-0.15, -0.1) is 0 Å². The molecular formula is C16H32N2. The van der Waals surface area contributed by atoms with Gasteiger partial charge < -0.3 is 10.2 Å². The van der Waals surface area contributed by atoms with Crippen LogP contribution in [0.3, 0.4) is 0 Å². The van der Waals surface area contributed by atoms with Crippen molar-refractivity contribution >= 4 is 0 Å². The molecule has 0 radical (unpaired) electrons. The number of nitrogens with zero attached hydrogens (tertiary/aromatic N) is 1. The lowest BCUT2D eigenvalue weighted by Crippen LogP contribution is -2.45. The number of piperidine rings is 1. The quantitative estimate of drug-likeness (QED) is 0.808. The van der Waals surface area contributed by atoms with Gasteiger partial charge in [-0.1, -0.05) is 33.6 Å². The predicted molar refractivity (Wildman–Crippen MR) is 78.9 cm³/mol. The van der Waals surface area contributed by atoms with E-state index in [1.807, 2.05) is 0 Å². The maximum atomic E-state index is 3.85. The number of nitrogens with one attached hydrogen (secondary N) is 1. The standard InChI is InChI=1S/C16H32N2/c1-14(2)12-18-10-6-15(7-11-18)17-13-16(3)8-4-5-9-16/h14-15,17H,4-13H2,1-3H3. The maximum absolute atomic E-state index is 3.85. The van der Waals surface area contributed by atoms with Gasteiger partial charge in [0.1, 0.15) is 0 Å². The fourth-order valence-corrected chi connectivity index (χ4v) is 3.63. The Bertz CT molecular complexity index is 235. The molecule has 18 heavy (non-hydrogen) atoms. The fourth-order valence-electron chi connectivity index (χ4n) is 3.63. The summed E-state index contributed by atoms with van der Waals surface area (Å²) in [6, 6.07) is 0.783. The minimum atomic E-state index is 0.606. The lowest BCUT2D eigenvalue weighted by Gasteiger charge is -2.35. The van der Waals surface area contributed by atoms with Crippen LogP contribution in [0.4, 0.5) is 0 Å². The topological polar surface area (TPSA) is 15.3 Å². The summed E-state index contributed by atoms with van der Waals surface area (Å²) in [4.78, 5) is 2.64. The monoisotopic (exact) mass is 252 g/mol. The highest BCUT2D eigenvalue weighted by Crippen LogP contribution is 2.36. The molecule has 1 aliphatic heterocycles. The van der Waals surface area contributed by atoms with Crippen molar-refractivity contribution in [2.45, 2.75) is 65.3 Å². The summed E-state index contributed by atoms with van der Waals surface area (Å²) < 4.78 is 0. The van der Waals surface area contributed by atoms with Crippen LogP contribution in [-0.4, -0.2) is 37.1 Å². The lowest BCUT2D eigenvalue weighted by atomic mass is 9.88. The molecule has 0 aromatic carbocycles. The molecule has 1 aliphatic carbocycles. The molecule has 0 spiro atoms. The van der Waals surface area contributed by atoms with E-state index in [0.717, 1.165) is 12.0 Å². The molecular weight excluding hydrogens is 220 g/mol. The molecule has 106 valence electrons. The Labute approximate surface area is 114 Å². The highest BCUT2D eigenvalue weighted by molar-refractivity contribution is 4.85. The molecule has 0 unspecified atom stereocenters. The Morgan fingerprint density at radius 2 is 1.78 bits per heavy atom. The fraction of sp³-hybridized carbons (Fsp3) is 1.00. The van der Waals surface area contributed by atoms with Crippen molar-refractivity contribution in [1.82, 2.24) is 10.2 Å². The summed E-state index contributed by atoms with van der Waals surface area (Å²) >= 11 is 0. The van der Waals surface area contributed by atoms with E-state index in [1.54, 1.807) is 0 Å². The Hall–Kier alpha value is -0.0800. The number of likely N-dealkylation sites (tertiary alicyclic amines) is 1. The SMILES string of the molecule is CC(C)CN1CCC(NCC2(C)CCCC2)CC1. The summed E-state index contributed by atoms with van der Waals surface area (Å²) in [5.74, 6) is 0.812. The van der Waals surface area contributed by atoms with Gasteiger partial charge in [-0.3, -0.25) is 0 Å². The van der Waals surface area contributed by atoms with Gasteiger partial charge in [-0.05, 0) is 50.1 Å². The second kappa shape index (κ2) is 6.38. The molecule has 0 aromatic rings. The van der Waals surface area contributed by atoms with Crippen LogP contribution >= 0.6 is 0 Å². The summed E-state index contributed by atoms with van der Waals surface area (Å²) in [5.41, 5.74) is 0.606. The molecule has 2 rings (SSSR count). The van der Waals surface area contributed by atoms with Gasteiger partial charge in [0, 0.05) is 19.1 Å². The van der Waals surface area contributed by atoms with Crippen LogP contribution in [0.25, 0.3) is 0 Å². The van der Waals surface area contributed by atoms with E-state index >= 15 is 0 Å². The first-order valence-corrected chi connectivity index (χ1v) is 8.03. The van der Waals surface area contributed by atoms with Gasteiger partial charge in [-0.2, -0.15) is 0 Å². The zero-order valence-electron chi connectivity index (χ0n) is 12.7. The molecule has 0 aromatic heterocycles. The van der Waals surface area contributed by atoms with Crippen LogP contribution in [0.15, 0.2) is 0 Å². The Balaban J connectivity index is 1.64. The average Bonchev–Trinajstić information content (AvgIpc) is 2.75. The minimum Gasteiger partial charge on any atom is -0.313 e. The van der Waals surface area contributed by atoms with E-state index in [0.29, 0.717) is 5.41 Å². The normalized spacial score (nSPS) is 26.0. The zero-order chi connectivity index (χ0) is 13.0. The van der Waals surface area contributed by atoms with Crippen LogP contribution in [-0.2, 0) is 0 Å². The highest BCUT2D eigenvalue weighted by atomic mass is 15.1. The van der Waals surface area contributed by atoms with Crippen LogP contribution in [0.2, 0.25) is 0 Å². The molecule has 2 heteroatoms. The molecule has 2 aliphatic rings. The summed E-state index contributed by atoms with van der Waals surface area (Å²) in [7, 11) is 0. The van der Waals surface area contributed by atoms with Crippen LogP contribution in [0.5, 0.6) is 0 Å². The molecule has 0 atom stereocenters. The smallest absolute Gasteiger partial charge is 0.00916 e. The van der Waals surface area contributed by atoms with Crippen molar-refractivity contribution < 1.29 is 0 Å². The molecule has 0 amide bonds. The second-order valence-corrected chi connectivity index (χ2v) is 7.37. The summed E-state index contributed by atoms with van der Waals surface area (Å²) in [6.45, 7) is 12.3. The zero-order valence-corrected chi connectivity index (χ0v) is 12.7. The molecule has 1 N–H and O–H groups in total. The van der Waals surface area contributed by atoms with E-state index in [9.17, 15) is 0 Å². The average molecular weight is 252 g/mol. The Morgan fingerprint density at radius 3 is 2.33 bits per heavy atom. The van der Waals surface area contributed by atoms with E-state index in [1.165, 1.54) is 64.7 Å². The minimum absolute atomic E-state index is 0.606. The van der Waals surface area contributed by atoms with Crippen LogP contribution in [0.1, 0.15) is 59.3 Å². The molecule has 2 fully saturated rings. The first kappa shape index (κ1) is 14.3. The van der Waals surface area contributed by atoms with Gasteiger partial charge in [0.15, 0.2) is 0 Å². The summed E-state index contributed by atoms with van der Waals surface area (Å²) in [5, 5.41) is 3.85. The lowest BCUT2D eigenvalue weighted by molar-refractivity contribution is 0.171. The van der Waals surface area contributed by atoms with Crippen molar-refractivity contribution in [2.75, 3.05) is 26.2 Å².